The SMILES string of the molecule is CC(NC(=O)C(C#N)=c1sc(=Cc2cccs2)c(=O)n1-c1ccccc1)c1ccccc1. The van der Waals surface area contributed by atoms with Crippen molar-refractivity contribution in [3.05, 3.63) is 108 Å². The van der Waals surface area contributed by atoms with Gasteiger partial charge in [0.15, 0.2) is 5.57 Å². The quantitative estimate of drug-likeness (QED) is 0.500. The number of thiazole rings is 1. The van der Waals surface area contributed by atoms with E-state index in [9.17, 15) is 14.9 Å². The van der Waals surface area contributed by atoms with Crippen LogP contribution in [0.1, 0.15) is 23.4 Å². The lowest BCUT2D eigenvalue weighted by molar-refractivity contribution is -0.116. The fraction of sp³-hybridized carbons (Fsp3) is 0.0800. The monoisotopic (exact) mass is 457 g/mol. The molecule has 158 valence electrons. The third-order valence-electron chi connectivity index (χ3n) is 4.85. The largest absolute Gasteiger partial charge is 0.345 e. The van der Waals surface area contributed by atoms with Gasteiger partial charge in [-0.2, -0.15) is 5.26 Å². The molecule has 0 aliphatic carbocycles. The van der Waals surface area contributed by atoms with E-state index >= 15 is 0 Å². The number of hydrogen-bond donors (Lipinski definition) is 1. The number of para-hydroxylation sites is 1. The molecule has 0 spiro atoms. The van der Waals surface area contributed by atoms with Crippen LogP contribution in [0.5, 0.6) is 0 Å². The lowest BCUT2D eigenvalue weighted by Gasteiger charge is -2.13. The van der Waals surface area contributed by atoms with Crippen LogP contribution in [0.3, 0.4) is 0 Å². The van der Waals surface area contributed by atoms with Gasteiger partial charge in [0.2, 0.25) is 0 Å². The van der Waals surface area contributed by atoms with Crippen LogP contribution in [0.4, 0.5) is 0 Å². The summed E-state index contributed by atoms with van der Waals surface area (Å²) in [5, 5.41) is 14.7. The molecule has 0 aliphatic rings. The molecular weight excluding hydrogens is 438 g/mol. The maximum atomic E-state index is 13.3. The number of amides is 1. The molecule has 0 bridgehead atoms. The van der Waals surface area contributed by atoms with Gasteiger partial charge in [-0.3, -0.25) is 14.2 Å². The highest BCUT2D eigenvalue weighted by Gasteiger charge is 2.19. The average Bonchev–Trinajstić information content (AvgIpc) is 3.44. The van der Waals surface area contributed by atoms with Gasteiger partial charge in [-0.1, -0.05) is 54.6 Å². The lowest BCUT2D eigenvalue weighted by atomic mass is 10.1. The second-order valence-electron chi connectivity index (χ2n) is 7.00. The van der Waals surface area contributed by atoms with E-state index in [1.165, 1.54) is 15.9 Å². The molecule has 4 rings (SSSR count). The number of rotatable bonds is 5. The van der Waals surface area contributed by atoms with E-state index in [0.29, 0.717) is 14.9 Å². The molecule has 5 nitrogen and oxygen atoms in total. The summed E-state index contributed by atoms with van der Waals surface area (Å²) in [4.78, 5) is 27.3. The summed E-state index contributed by atoms with van der Waals surface area (Å²) in [5.74, 6) is -0.516. The zero-order valence-electron chi connectivity index (χ0n) is 17.2. The molecule has 2 aromatic heterocycles. The highest BCUT2D eigenvalue weighted by atomic mass is 32.1. The van der Waals surface area contributed by atoms with E-state index in [2.05, 4.69) is 5.32 Å². The van der Waals surface area contributed by atoms with Crippen molar-refractivity contribution in [3.63, 3.8) is 0 Å². The molecule has 4 aromatic rings. The summed E-state index contributed by atoms with van der Waals surface area (Å²) in [6.07, 6.45) is 1.79. The summed E-state index contributed by atoms with van der Waals surface area (Å²) in [6, 6.07) is 24.1. The Morgan fingerprint density at radius 2 is 1.75 bits per heavy atom. The van der Waals surface area contributed by atoms with E-state index in [1.807, 2.05) is 79.0 Å². The molecule has 1 unspecified atom stereocenters. The van der Waals surface area contributed by atoms with Gasteiger partial charge in [0.25, 0.3) is 11.5 Å². The zero-order valence-corrected chi connectivity index (χ0v) is 18.8. The van der Waals surface area contributed by atoms with Crippen LogP contribution in [-0.4, -0.2) is 10.5 Å². The van der Waals surface area contributed by atoms with Crippen LogP contribution in [0.25, 0.3) is 17.3 Å². The van der Waals surface area contributed by atoms with Gasteiger partial charge < -0.3 is 5.32 Å². The molecule has 1 atom stereocenters. The van der Waals surface area contributed by atoms with Crippen molar-refractivity contribution < 1.29 is 4.79 Å². The summed E-state index contributed by atoms with van der Waals surface area (Å²) in [7, 11) is 0. The first-order valence-electron chi connectivity index (χ1n) is 9.91. The van der Waals surface area contributed by atoms with E-state index in [1.54, 1.807) is 18.2 Å². The van der Waals surface area contributed by atoms with E-state index in [-0.39, 0.29) is 17.2 Å². The third-order valence-corrected chi connectivity index (χ3v) is 6.77. The van der Waals surface area contributed by atoms with Crippen LogP contribution in [0, 0.1) is 11.3 Å². The Bertz CT molecular complexity index is 1450. The fourth-order valence-corrected chi connectivity index (χ4v) is 5.08. The van der Waals surface area contributed by atoms with E-state index in [4.69, 9.17) is 0 Å². The van der Waals surface area contributed by atoms with Gasteiger partial charge in [-0.05, 0) is 42.1 Å². The Hall–Kier alpha value is -3.73. The number of nitriles is 1. The number of aromatic nitrogens is 1. The molecule has 0 radical (unpaired) electrons. The van der Waals surface area contributed by atoms with E-state index in [0.717, 1.165) is 21.8 Å². The highest BCUT2D eigenvalue weighted by molar-refractivity contribution is 7.11. The number of nitrogens with zero attached hydrogens (tertiary/aromatic N) is 2. The normalized spacial score (nSPS) is 13.3. The van der Waals surface area contributed by atoms with Crippen LogP contribution in [0.15, 0.2) is 83.0 Å². The second kappa shape index (κ2) is 9.60. The smallest absolute Gasteiger partial charge is 0.273 e. The Morgan fingerprint density at radius 1 is 1.06 bits per heavy atom. The molecular formula is C25H19N3O2S2. The van der Waals surface area contributed by atoms with Gasteiger partial charge in [0, 0.05) is 4.88 Å². The maximum absolute atomic E-state index is 13.3. The topological polar surface area (TPSA) is 74.9 Å². The Morgan fingerprint density at radius 3 is 2.38 bits per heavy atom. The molecule has 32 heavy (non-hydrogen) atoms. The van der Waals surface area contributed by atoms with Crippen molar-refractivity contribution in [2.45, 2.75) is 13.0 Å². The van der Waals surface area contributed by atoms with Crippen molar-refractivity contribution in [2.75, 3.05) is 0 Å². The summed E-state index contributed by atoms with van der Waals surface area (Å²) >= 11 is 2.66. The molecule has 1 amide bonds. The van der Waals surface area contributed by atoms with Gasteiger partial charge >= 0.3 is 0 Å². The number of thiophene rings is 1. The summed E-state index contributed by atoms with van der Waals surface area (Å²) in [6.45, 7) is 1.86. The first kappa shape index (κ1) is 21.5. The summed E-state index contributed by atoms with van der Waals surface area (Å²) in [5.41, 5.74) is 1.17. The third kappa shape index (κ3) is 4.47. The molecule has 0 aliphatic heterocycles. The van der Waals surface area contributed by atoms with Crippen LogP contribution >= 0.6 is 22.7 Å². The first-order chi connectivity index (χ1) is 15.6. The van der Waals surface area contributed by atoms with Crippen molar-refractivity contribution in [3.8, 4) is 11.8 Å². The molecule has 7 heteroatoms. The molecule has 2 heterocycles. The predicted molar refractivity (Wildman–Crippen MR) is 129 cm³/mol. The van der Waals surface area contributed by atoms with Crippen LogP contribution in [-0.2, 0) is 4.79 Å². The number of carbonyl (C=O) groups is 1. The van der Waals surface area contributed by atoms with Crippen molar-refractivity contribution >= 4 is 40.2 Å². The Balaban J connectivity index is 1.88. The van der Waals surface area contributed by atoms with Gasteiger partial charge in [-0.15, -0.1) is 22.7 Å². The minimum atomic E-state index is -0.516. The van der Waals surface area contributed by atoms with Gasteiger partial charge in [0.1, 0.15) is 10.7 Å². The highest BCUT2D eigenvalue weighted by Crippen LogP contribution is 2.12. The minimum Gasteiger partial charge on any atom is -0.345 e. The molecule has 1 N–H and O–H groups in total. The number of hydrogen-bond acceptors (Lipinski definition) is 5. The standard InChI is InChI=1S/C25H19N3O2S2/c1-17(18-9-4-2-5-10-18)27-23(29)21(16-26)25-28(19-11-6-3-7-12-19)24(30)22(32-25)15-20-13-8-14-31-20/h2-15,17H,1H3,(H,27,29). The molecule has 0 saturated carbocycles. The molecule has 2 aromatic carbocycles. The number of nitrogens with one attached hydrogen (secondary N) is 1. The zero-order chi connectivity index (χ0) is 22.5. The van der Waals surface area contributed by atoms with Crippen molar-refractivity contribution in [1.29, 1.82) is 5.26 Å². The van der Waals surface area contributed by atoms with Crippen LogP contribution < -0.4 is 20.1 Å². The Kier molecular flexibility index (Phi) is 6.45. The van der Waals surface area contributed by atoms with Crippen molar-refractivity contribution in [1.82, 2.24) is 9.88 Å². The number of benzene rings is 2. The fourth-order valence-electron chi connectivity index (χ4n) is 3.25. The maximum Gasteiger partial charge on any atom is 0.273 e. The van der Waals surface area contributed by atoms with Gasteiger partial charge in [0.05, 0.1) is 16.3 Å². The predicted octanol–water partition coefficient (Wildman–Crippen LogP) is 3.34. The van der Waals surface area contributed by atoms with E-state index < -0.39 is 5.91 Å². The Labute approximate surface area is 192 Å². The van der Waals surface area contributed by atoms with Crippen molar-refractivity contribution in [2.24, 2.45) is 0 Å². The number of carbonyl (C=O) groups excluding carboxylic acids is 1. The molecule has 0 fully saturated rings. The van der Waals surface area contributed by atoms with Crippen LogP contribution in [0.2, 0.25) is 0 Å². The average molecular weight is 458 g/mol. The first-order valence-corrected chi connectivity index (χ1v) is 11.6. The van der Waals surface area contributed by atoms with Gasteiger partial charge in [-0.25, -0.2) is 0 Å². The lowest BCUT2D eigenvalue weighted by Crippen LogP contribution is -2.34. The summed E-state index contributed by atoms with van der Waals surface area (Å²) < 4.78 is 2.21. The molecule has 0 saturated heterocycles. The second-order valence-corrected chi connectivity index (χ2v) is 9.01. The minimum absolute atomic E-state index is 0.0930.